The van der Waals surface area contributed by atoms with Crippen LogP contribution in [0.1, 0.15) is 32.2 Å². The van der Waals surface area contributed by atoms with Crippen molar-refractivity contribution in [1.82, 2.24) is 14.8 Å². The summed E-state index contributed by atoms with van der Waals surface area (Å²) < 4.78 is 2.94. The van der Waals surface area contributed by atoms with Crippen molar-refractivity contribution in [3.8, 4) is 0 Å². The van der Waals surface area contributed by atoms with Gasteiger partial charge in [0.25, 0.3) is 0 Å². The number of anilines is 1. The fraction of sp³-hybridized carbons (Fsp3) is 0.818. The van der Waals surface area contributed by atoms with Crippen LogP contribution in [0.5, 0.6) is 0 Å². The molecule has 4 nitrogen and oxygen atoms in total. The molecule has 0 bridgehead atoms. The Hall–Kier alpha value is -0.490. The summed E-state index contributed by atoms with van der Waals surface area (Å²) in [7, 11) is 2.12. The van der Waals surface area contributed by atoms with Crippen LogP contribution < -0.4 is 4.90 Å². The molecule has 1 aliphatic rings. The van der Waals surface area contributed by atoms with E-state index in [1.165, 1.54) is 12.8 Å². The Morgan fingerprint density at radius 2 is 2.35 bits per heavy atom. The van der Waals surface area contributed by atoms with Crippen molar-refractivity contribution < 1.29 is 0 Å². The van der Waals surface area contributed by atoms with Crippen molar-refractivity contribution in [2.45, 2.75) is 38.3 Å². The highest BCUT2D eigenvalue weighted by atomic mass is 32.2. The van der Waals surface area contributed by atoms with E-state index >= 15 is 0 Å². The standard InChI is InChI=1S/C11H20N4S2/c1-4-8(7-17-3)14(2)10-12-13-11(16)15(10)9-5-6-9/h8-9H,4-7H2,1-3H3,(H,13,16). The van der Waals surface area contributed by atoms with E-state index in [-0.39, 0.29) is 0 Å². The Labute approximate surface area is 112 Å². The molecule has 6 heteroatoms. The molecule has 1 aromatic rings. The minimum absolute atomic E-state index is 0.521. The van der Waals surface area contributed by atoms with Crippen molar-refractivity contribution in [2.75, 3.05) is 24.0 Å². The van der Waals surface area contributed by atoms with Gasteiger partial charge in [-0.15, -0.1) is 5.10 Å². The van der Waals surface area contributed by atoms with E-state index in [1.807, 2.05) is 11.8 Å². The summed E-state index contributed by atoms with van der Waals surface area (Å²) in [6.07, 6.45) is 5.73. The van der Waals surface area contributed by atoms with Crippen molar-refractivity contribution in [3.63, 3.8) is 0 Å². The van der Waals surface area contributed by atoms with E-state index in [0.29, 0.717) is 12.1 Å². The van der Waals surface area contributed by atoms with Gasteiger partial charge in [-0.3, -0.25) is 4.57 Å². The van der Waals surface area contributed by atoms with Gasteiger partial charge in [-0.2, -0.15) is 11.8 Å². The zero-order valence-electron chi connectivity index (χ0n) is 10.6. The maximum atomic E-state index is 5.31. The van der Waals surface area contributed by atoms with Crippen molar-refractivity contribution in [2.24, 2.45) is 0 Å². The van der Waals surface area contributed by atoms with Crippen molar-refractivity contribution in [3.05, 3.63) is 4.77 Å². The van der Waals surface area contributed by atoms with Gasteiger partial charge >= 0.3 is 0 Å². The SMILES string of the molecule is CCC(CSC)N(C)c1n[nH]c(=S)n1C1CC1. The Morgan fingerprint density at radius 3 is 2.88 bits per heavy atom. The Balaban J connectivity index is 2.23. The quantitative estimate of drug-likeness (QED) is 0.808. The highest BCUT2D eigenvalue weighted by Crippen LogP contribution is 2.38. The molecule has 0 aromatic carbocycles. The molecular weight excluding hydrogens is 252 g/mol. The van der Waals surface area contributed by atoms with E-state index in [4.69, 9.17) is 12.2 Å². The number of nitrogens with one attached hydrogen (secondary N) is 1. The van der Waals surface area contributed by atoms with Gasteiger partial charge in [-0.05, 0) is 37.7 Å². The summed E-state index contributed by atoms with van der Waals surface area (Å²) in [5.74, 6) is 2.12. The maximum Gasteiger partial charge on any atom is 0.225 e. The number of aromatic nitrogens is 3. The summed E-state index contributed by atoms with van der Waals surface area (Å²) in [6, 6.07) is 1.10. The molecule has 1 fully saturated rings. The fourth-order valence-corrected chi connectivity index (χ4v) is 3.19. The number of aromatic amines is 1. The largest absolute Gasteiger partial charge is 0.340 e. The van der Waals surface area contributed by atoms with Gasteiger partial charge in [0.05, 0.1) is 0 Å². The molecule has 1 atom stereocenters. The van der Waals surface area contributed by atoms with Gasteiger partial charge in [-0.25, -0.2) is 5.10 Å². The summed E-state index contributed by atoms with van der Waals surface area (Å²) >= 11 is 7.19. The summed E-state index contributed by atoms with van der Waals surface area (Å²) in [5.41, 5.74) is 0. The molecule has 17 heavy (non-hydrogen) atoms. The van der Waals surface area contributed by atoms with E-state index in [9.17, 15) is 0 Å². The highest BCUT2D eigenvalue weighted by molar-refractivity contribution is 7.98. The number of H-pyrrole nitrogens is 1. The first-order valence-electron chi connectivity index (χ1n) is 6.07. The van der Waals surface area contributed by atoms with Gasteiger partial charge in [0.2, 0.25) is 5.95 Å². The monoisotopic (exact) mass is 272 g/mol. The lowest BCUT2D eigenvalue weighted by atomic mass is 10.2. The molecule has 0 radical (unpaired) electrons. The molecule has 1 aromatic heterocycles. The molecule has 1 unspecified atom stereocenters. The molecule has 96 valence electrons. The summed E-state index contributed by atoms with van der Waals surface area (Å²) in [5, 5.41) is 7.32. The normalized spacial score (nSPS) is 17.1. The smallest absolute Gasteiger partial charge is 0.225 e. The Morgan fingerprint density at radius 1 is 1.65 bits per heavy atom. The second-order valence-electron chi connectivity index (χ2n) is 4.56. The molecule has 0 saturated heterocycles. The third-order valence-corrected chi connectivity index (χ3v) is 4.30. The molecule has 1 heterocycles. The van der Waals surface area contributed by atoms with Crippen LogP contribution in [0.2, 0.25) is 0 Å². The lowest BCUT2D eigenvalue weighted by Gasteiger charge is -2.27. The molecular formula is C11H20N4S2. The number of hydrogen-bond acceptors (Lipinski definition) is 4. The van der Waals surface area contributed by atoms with Gasteiger partial charge in [0, 0.05) is 24.9 Å². The van der Waals surface area contributed by atoms with Crippen molar-refractivity contribution >= 4 is 29.9 Å². The van der Waals surface area contributed by atoms with Crippen LogP contribution in [0.4, 0.5) is 5.95 Å². The number of nitrogens with zero attached hydrogens (tertiary/aromatic N) is 3. The van der Waals surface area contributed by atoms with Crippen LogP contribution in [0.25, 0.3) is 0 Å². The molecule has 2 rings (SSSR count). The van der Waals surface area contributed by atoms with E-state index in [1.54, 1.807) is 0 Å². The molecule has 1 saturated carbocycles. The lowest BCUT2D eigenvalue weighted by Crippen LogP contribution is -2.35. The van der Waals surface area contributed by atoms with E-state index in [2.05, 4.69) is 39.9 Å². The number of thioether (sulfide) groups is 1. The van der Waals surface area contributed by atoms with Gasteiger partial charge < -0.3 is 4.90 Å². The fourth-order valence-electron chi connectivity index (χ4n) is 2.07. The zero-order valence-corrected chi connectivity index (χ0v) is 12.3. The number of hydrogen-bond donors (Lipinski definition) is 1. The highest BCUT2D eigenvalue weighted by Gasteiger charge is 2.29. The maximum absolute atomic E-state index is 5.31. The zero-order chi connectivity index (χ0) is 12.4. The Kier molecular flexibility index (Phi) is 4.14. The molecule has 0 amide bonds. The number of rotatable bonds is 6. The lowest BCUT2D eigenvalue weighted by molar-refractivity contribution is 0.623. The van der Waals surface area contributed by atoms with Crippen LogP contribution in [-0.2, 0) is 0 Å². The van der Waals surface area contributed by atoms with Crippen LogP contribution in [0.3, 0.4) is 0 Å². The Bertz CT molecular complexity index is 421. The summed E-state index contributed by atoms with van der Waals surface area (Å²) in [6.45, 7) is 2.22. The van der Waals surface area contributed by atoms with E-state index in [0.717, 1.165) is 22.9 Å². The average Bonchev–Trinajstić information content (AvgIpc) is 3.09. The minimum atomic E-state index is 0.521. The molecule has 0 aliphatic heterocycles. The predicted molar refractivity (Wildman–Crippen MR) is 76.5 cm³/mol. The third kappa shape index (κ3) is 2.68. The minimum Gasteiger partial charge on any atom is -0.340 e. The van der Waals surface area contributed by atoms with Gasteiger partial charge in [0.15, 0.2) is 4.77 Å². The third-order valence-electron chi connectivity index (χ3n) is 3.29. The first-order valence-corrected chi connectivity index (χ1v) is 7.87. The van der Waals surface area contributed by atoms with Gasteiger partial charge in [-0.1, -0.05) is 6.92 Å². The van der Waals surface area contributed by atoms with Crippen LogP contribution in [-0.4, -0.2) is 39.9 Å². The van der Waals surface area contributed by atoms with Crippen LogP contribution >= 0.6 is 24.0 Å². The van der Waals surface area contributed by atoms with Crippen molar-refractivity contribution in [1.29, 1.82) is 0 Å². The van der Waals surface area contributed by atoms with E-state index < -0.39 is 0 Å². The first kappa shape index (κ1) is 13.0. The predicted octanol–water partition coefficient (Wildman–Crippen LogP) is 2.85. The molecule has 0 spiro atoms. The first-order chi connectivity index (χ1) is 8.19. The van der Waals surface area contributed by atoms with Crippen LogP contribution in [0, 0.1) is 4.77 Å². The topological polar surface area (TPSA) is 36.9 Å². The average molecular weight is 272 g/mol. The second kappa shape index (κ2) is 5.44. The van der Waals surface area contributed by atoms with Gasteiger partial charge in [0.1, 0.15) is 0 Å². The second-order valence-corrected chi connectivity index (χ2v) is 5.86. The summed E-state index contributed by atoms with van der Waals surface area (Å²) in [4.78, 5) is 2.26. The molecule has 1 aliphatic carbocycles. The molecule has 1 N–H and O–H groups in total. The van der Waals surface area contributed by atoms with Crippen LogP contribution in [0.15, 0.2) is 0 Å².